The van der Waals surface area contributed by atoms with Crippen molar-refractivity contribution < 1.29 is 9.53 Å². The van der Waals surface area contributed by atoms with Crippen molar-refractivity contribution in [3.05, 3.63) is 82.9 Å². The van der Waals surface area contributed by atoms with Crippen LogP contribution in [0, 0.1) is 0 Å². The molecule has 8 heteroatoms. The monoisotopic (exact) mass is 498 g/mol. The second-order valence-corrected chi connectivity index (χ2v) is 8.58. The lowest BCUT2D eigenvalue weighted by atomic mass is 10.0. The number of nitrogens with zero attached hydrogens (tertiary/aromatic N) is 3. The third-order valence-electron chi connectivity index (χ3n) is 5.38. The summed E-state index contributed by atoms with van der Waals surface area (Å²) in [7, 11) is 1.41. The fraction of sp³-hybridized carbons (Fsp3) is 0.261. The second-order valence-electron chi connectivity index (χ2n) is 7.28. The van der Waals surface area contributed by atoms with Crippen LogP contribution < -0.4 is 5.32 Å². The van der Waals surface area contributed by atoms with Crippen LogP contribution in [0.25, 0.3) is 5.69 Å². The molecule has 0 spiro atoms. The van der Waals surface area contributed by atoms with Crippen LogP contribution in [0.5, 0.6) is 0 Å². The van der Waals surface area contributed by atoms with Crippen molar-refractivity contribution in [2.24, 2.45) is 0 Å². The first-order valence-electron chi connectivity index (χ1n) is 10.1. The lowest BCUT2D eigenvalue weighted by Crippen LogP contribution is -2.31. The van der Waals surface area contributed by atoms with Crippen LogP contribution in [0.4, 0.5) is 0 Å². The maximum atomic E-state index is 11.6. The van der Waals surface area contributed by atoms with Gasteiger partial charge in [-0.05, 0) is 61.1 Å². The molecule has 1 saturated heterocycles. The van der Waals surface area contributed by atoms with Gasteiger partial charge in [0.05, 0.1) is 24.9 Å². The van der Waals surface area contributed by atoms with E-state index in [1.165, 1.54) is 7.11 Å². The van der Waals surface area contributed by atoms with E-state index in [1.54, 1.807) is 6.20 Å². The highest BCUT2D eigenvalue weighted by Gasteiger charge is 2.41. The van der Waals surface area contributed by atoms with Crippen molar-refractivity contribution in [3.63, 3.8) is 0 Å². The Hall–Kier alpha value is -2.71. The minimum Gasteiger partial charge on any atom is -0.469 e. The van der Waals surface area contributed by atoms with E-state index >= 15 is 0 Å². The van der Waals surface area contributed by atoms with E-state index in [9.17, 15) is 4.79 Å². The van der Waals surface area contributed by atoms with Gasteiger partial charge in [0.2, 0.25) is 0 Å². The lowest BCUT2D eigenvalue weighted by Gasteiger charge is -2.29. The standard InChI is InChI=1S/C23H23BrN4O2S/c1-30-20(29)11-6-14-28-22(21(26-23(28)31)18-9-2-3-12-25-18)19-10-5-13-27(19)17-8-4-7-16(24)15-17/h2-5,7-10,12-13,15,21-22H,6,11,14H2,1H3,(H,26,31)/t21-,22-/m0/s1. The van der Waals surface area contributed by atoms with Crippen molar-refractivity contribution >= 4 is 39.2 Å². The molecule has 0 amide bonds. The SMILES string of the molecule is COC(=O)CCCN1C(=S)N[C@@H](c2ccccn2)[C@@H]1c1cccn1-c1cccc(Br)c1. The fourth-order valence-corrected chi connectivity index (χ4v) is 4.68. The van der Waals surface area contributed by atoms with E-state index in [2.05, 4.69) is 60.1 Å². The summed E-state index contributed by atoms with van der Waals surface area (Å²) in [5, 5.41) is 4.12. The molecule has 1 aliphatic heterocycles. The summed E-state index contributed by atoms with van der Waals surface area (Å²) >= 11 is 9.28. The van der Waals surface area contributed by atoms with Crippen LogP contribution in [0.3, 0.4) is 0 Å². The molecule has 3 heterocycles. The van der Waals surface area contributed by atoms with Gasteiger partial charge in [0.25, 0.3) is 0 Å². The number of aromatic nitrogens is 2. The molecule has 160 valence electrons. The van der Waals surface area contributed by atoms with E-state index in [1.807, 2.05) is 36.4 Å². The Labute approximate surface area is 195 Å². The predicted molar refractivity (Wildman–Crippen MR) is 127 cm³/mol. The molecule has 4 rings (SSSR count). The molecule has 1 aliphatic rings. The molecular formula is C23H23BrN4O2S. The largest absolute Gasteiger partial charge is 0.469 e. The Kier molecular flexibility index (Phi) is 6.67. The zero-order chi connectivity index (χ0) is 21.8. The number of halogens is 1. The number of esters is 1. The molecule has 31 heavy (non-hydrogen) atoms. The molecule has 1 N–H and O–H groups in total. The van der Waals surface area contributed by atoms with Gasteiger partial charge in [-0.15, -0.1) is 0 Å². The highest BCUT2D eigenvalue weighted by molar-refractivity contribution is 9.10. The van der Waals surface area contributed by atoms with Gasteiger partial charge >= 0.3 is 5.97 Å². The zero-order valence-corrected chi connectivity index (χ0v) is 19.5. The summed E-state index contributed by atoms with van der Waals surface area (Å²) in [4.78, 5) is 18.4. The van der Waals surface area contributed by atoms with E-state index in [-0.39, 0.29) is 18.1 Å². The number of pyridine rings is 1. The molecule has 0 saturated carbocycles. The smallest absolute Gasteiger partial charge is 0.305 e. The highest BCUT2D eigenvalue weighted by Crippen LogP contribution is 2.39. The number of methoxy groups -OCH3 is 1. The van der Waals surface area contributed by atoms with Gasteiger partial charge in [0.15, 0.2) is 5.11 Å². The Morgan fingerprint density at radius 1 is 1.23 bits per heavy atom. The van der Waals surface area contributed by atoms with Gasteiger partial charge in [0.1, 0.15) is 0 Å². The van der Waals surface area contributed by atoms with Crippen LogP contribution >= 0.6 is 28.1 Å². The molecule has 0 unspecified atom stereocenters. The molecule has 2 aromatic heterocycles. The number of hydrogen-bond acceptors (Lipinski definition) is 4. The van der Waals surface area contributed by atoms with Crippen LogP contribution in [-0.4, -0.2) is 39.2 Å². The van der Waals surface area contributed by atoms with Crippen molar-refractivity contribution in [3.8, 4) is 5.69 Å². The summed E-state index contributed by atoms with van der Waals surface area (Å²) in [5.74, 6) is -0.214. The summed E-state index contributed by atoms with van der Waals surface area (Å²) in [6, 6.07) is 18.1. The van der Waals surface area contributed by atoms with Gasteiger partial charge < -0.3 is 19.5 Å². The number of carbonyl (C=O) groups excluding carboxylic acids is 1. The molecular weight excluding hydrogens is 476 g/mol. The Morgan fingerprint density at radius 3 is 2.84 bits per heavy atom. The molecule has 0 radical (unpaired) electrons. The fourth-order valence-electron chi connectivity index (χ4n) is 3.96. The van der Waals surface area contributed by atoms with Crippen molar-refractivity contribution in [1.29, 1.82) is 0 Å². The maximum absolute atomic E-state index is 11.6. The van der Waals surface area contributed by atoms with Crippen LogP contribution in [-0.2, 0) is 9.53 Å². The number of carbonyl (C=O) groups is 1. The molecule has 2 atom stereocenters. The first-order chi connectivity index (χ1) is 15.1. The Balaban J connectivity index is 1.72. The highest BCUT2D eigenvalue weighted by atomic mass is 79.9. The topological polar surface area (TPSA) is 59.4 Å². The normalized spacial score (nSPS) is 18.1. The summed E-state index contributed by atoms with van der Waals surface area (Å²) in [6.07, 6.45) is 4.85. The molecule has 0 bridgehead atoms. The number of benzene rings is 1. The lowest BCUT2D eigenvalue weighted by molar-refractivity contribution is -0.140. The van der Waals surface area contributed by atoms with E-state index < -0.39 is 0 Å². The van der Waals surface area contributed by atoms with Crippen molar-refractivity contribution in [1.82, 2.24) is 19.8 Å². The summed E-state index contributed by atoms with van der Waals surface area (Å²) < 4.78 is 7.98. The van der Waals surface area contributed by atoms with Gasteiger partial charge in [-0.2, -0.15) is 0 Å². The Morgan fingerprint density at radius 2 is 2.10 bits per heavy atom. The van der Waals surface area contributed by atoms with Gasteiger partial charge in [-0.1, -0.05) is 28.1 Å². The maximum Gasteiger partial charge on any atom is 0.305 e. The summed E-state index contributed by atoms with van der Waals surface area (Å²) in [6.45, 7) is 0.637. The van der Waals surface area contributed by atoms with Crippen LogP contribution in [0.2, 0.25) is 0 Å². The van der Waals surface area contributed by atoms with Crippen LogP contribution in [0.15, 0.2) is 71.5 Å². The van der Waals surface area contributed by atoms with Gasteiger partial charge in [0, 0.05) is 41.2 Å². The van der Waals surface area contributed by atoms with E-state index in [4.69, 9.17) is 17.0 Å². The van der Waals surface area contributed by atoms with E-state index in [0.717, 1.165) is 21.5 Å². The minimum atomic E-state index is -0.214. The van der Waals surface area contributed by atoms with Gasteiger partial charge in [-0.3, -0.25) is 9.78 Å². The number of hydrogen-bond donors (Lipinski definition) is 1. The average molecular weight is 499 g/mol. The molecule has 0 aliphatic carbocycles. The van der Waals surface area contributed by atoms with Crippen molar-refractivity contribution in [2.45, 2.75) is 24.9 Å². The third-order valence-corrected chi connectivity index (χ3v) is 6.22. The molecule has 3 aromatic rings. The number of ether oxygens (including phenoxy) is 1. The minimum absolute atomic E-state index is 0.0750. The van der Waals surface area contributed by atoms with E-state index in [0.29, 0.717) is 24.5 Å². The number of nitrogens with one attached hydrogen (secondary N) is 1. The second kappa shape index (κ2) is 9.62. The molecule has 6 nitrogen and oxygen atoms in total. The number of thiocarbonyl (C=S) groups is 1. The quantitative estimate of drug-likeness (QED) is 0.380. The molecule has 1 aromatic carbocycles. The van der Waals surface area contributed by atoms with Crippen molar-refractivity contribution in [2.75, 3.05) is 13.7 Å². The first kappa shape index (κ1) is 21.5. The predicted octanol–water partition coefficient (Wildman–Crippen LogP) is 4.56. The average Bonchev–Trinajstić information content (AvgIpc) is 3.39. The summed E-state index contributed by atoms with van der Waals surface area (Å²) in [5.41, 5.74) is 3.08. The van der Waals surface area contributed by atoms with Gasteiger partial charge in [-0.25, -0.2) is 0 Å². The first-order valence-corrected chi connectivity index (χ1v) is 11.3. The molecule has 1 fully saturated rings. The third kappa shape index (κ3) is 4.65. The van der Waals surface area contributed by atoms with Crippen LogP contribution in [0.1, 0.15) is 36.3 Å². The zero-order valence-electron chi connectivity index (χ0n) is 17.1. The number of rotatable bonds is 7. The Bertz CT molecular complexity index is 1070.